The average molecular weight is 410 g/mol. The molecule has 0 bridgehead atoms. The van der Waals surface area contributed by atoms with Gasteiger partial charge >= 0.3 is 12.1 Å². The fourth-order valence-corrected chi connectivity index (χ4v) is 4.01. The van der Waals surface area contributed by atoms with Crippen molar-refractivity contribution >= 4 is 15.6 Å². The van der Waals surface area contributed by atoms with Crippen molar-refractivity contribution in [1.29, 1.82) is 0 Å². The standard InChI is InChI=1S/C18H13F3N2O4S/c1-11-4-2-3-5-15(11)28(25,26)10-14(24)12-6-8-13(9-7-12)16-22-17(27-23-16)18(19,20)21/h2-9H,10H2,1H3. The number of aromatic nitrogens is 2. The van der Waals surface area contributed by atoms with Crippen molar-refractivity contribution in [2.45, 2.75) is 18.0 Å². The van der Waals surface area contributed by atoms with E-state index in [-0.39, 0.29) is 21.8 Å². The van der Waals surface area contributed by atoms with Crippen molar-refractivity contribution in [3.05, 3.63) is 65.5 Å². The second-order valence-electron chi connectivity index (χ2n) is 5.95. The van der Waals surface area contributed by atoms with Crippen LogP contribution in [0.15, 0.2) is 57.9 Å². The molecule has 3 aromatic rings. The van der Waals surface area contributed by atoms with Gasteiger partial charge in [-0.05, 0) is 18.6 Å². The molecule has 0 saturated carbocycles. The molecule has 0 unspecified atom stereocenters. The molecule has 0 N–H and O–H groups in total. The number of hydrogen-bond donors (Lipinski definition) is 0. The maximum absolute atomic E-state index is 12.5. The lowest BCUT2D eigenvalue weighted by Crippen LogP contribution is -2.17. The molecule has 0 aliphatic carbocycles. The van der Waals surface area contributed by atoms with Crippen LogP contribution in [0.25, 0.3) is 11.4 Å². The molecule has 6 nitrogen and oxygen atoms in total. The molecule has 10 heteroatoms. The molecule has 146 valence electrons. The summed E-state index contributed by atoms with van der Waals surface area (Å²) in [6, 6.07) is 11.6. The maximum atomic E-state index is 12.5. The molecule has 0 amide bonds. The lowest BCUT2D eigenvalue weighted by Gasteiger charge is -2.07. The lowest BCUT2D eigenvalue weighted by molar-refractivity contribution is -0.159. The van der Waals surface area contributed by atoms with E-state index in [0.29, 0.717) is 5.56 Å². The van der Waals surface area contributed by atoms with Crippen LogP contribution in [-0.4, -0.2) is 30.1 Å². The molecule has 0 fully saturated rings. The summed E-state index contributed by atoms with van der Waals surface area (Å²) in [5.41, 5.74) is 0.821. The van der Waals surface area contributed by atoms with Gasteiger partial charge < -0.3 is 4.52 Å². The topological polar surface area (TPSA) is 90.1 Å². The number of aryl methyl sites for hydroxylation is 1. The van der Waals surface area contributed by atoms with E-state index in [1.165, 1.54) is 30.3 Å². The minimum absolute atomic E-state index is 0.0754. The number of ketones is 1. The molecule has 1 aromatic heterocycles. The second kappa shape index (κ2) is 7.19. The minimum Gasteiger partial charge on any atom is -0.329 e. The molecule has 0 radical (unpaired) electrons. The molecule has 0 spiro atoms. The first kappa shape index (κ1) is 19.7. The zero-order valence-electron chi connectivity index (χ0n) is 14.4. The number of rotatable bonds is 5. The van der Waals surface area contributed by atoms with Crippen molar-refractivity contribution < 1.29 is 30.9 Å². The molecule has 0 saturated heterocycles. The monoisotopic (exact) mass is 410 g/mol. The molecule has 28 heavy (non-hydrogen) atoms. The maximum Gasteiger partial charge on any atom is 0.471 e. The van der Waals surface area contributed by atoms with Crippen molar-refractivity contribution in [3.63, 3.8) is 0 Å². The molecule has 0 atom stereocenters. The summed E-state index contributed by atoms with van der Waals surface area (Å²) >= 11 is 0. The quantitative estimate of drug-likeness (QED) is 0.596. The number of sulfone groups is 1. The Morgan fingerprint density at radius 2 is 1.71 bits per heavy atom. The van der Waals surface area contributed by atoms with E-state index >= 15 is 0 Å². The molecule has 3 rings (SSSR count). The zero-order valence-corrected chi connectivity index (χ0v) is 15.2. The van der Waals surface area contributed by atoms with Crippen molar-refractivity contribution in [3.8, 4) is 11.4 Å². The van der Waals surface area contributed by atoms with Crippen molar-refractivity contribution in [2.24, 2.45) is 0 Å². The summed E-state index contributed by atoms with van der Waals surface area (Å²) in [6.45, 7) is 1.63. The van der Waals surface area contributed by atoms with Gasteiger partial charge in [0.1, 0.15) is 5.75 Å². The number of nitrogens with zero attached hydrogens (tertiary/aromatic N) is 2. The summed E-state index contributed by atoms with van der Waals surface area (Å²) in [6.07, 6.45) is -4.76. The van der Waals surface area contributed by atoms with Crippen molar-refractivity contribution in [1.82, 2.24) is 10.1 Å². The predicted molar refractivity (Wildman–Crippen MR) is 92.3 cm³/mol. The third kappa shape index (κ3) is 4.11. The first-order chi connectivity index (χ1) is 13.1. The van der Waals surface area contributed by atoms with Gasteiger partial charge in [-0.25, -0.2) is 8.42 Å². The Hall–Kier alpha value is -3.01. The molecular formula is C18H13F3N2O4S. The normalized spacial score (nSPS) is 12.1. The second-order valence-corrected chi connectivity index (χ2v) is 7.90. The zero-order chi connectivity index (χ0) is 20.5. The third-order valence-electron chi connectivity index (χ3n) is 3.88. The summed E-state index contributed by atoms with van der Waals surface area (Å²) in [5.74, 6) is -3.14. The Morgan fingerprint density at radius 1 is 1.07 bits per heavy atom. The summed E-state index contributed by atoms with van der Waals surface area (Å²) in [5, 5.41) is 3.25. The van der Waals surface area contributed by atoms with Crippen LogP contribution in [0.5, 0.6) is 0 Å². The van der Waals surface area contributed by atoms with Crippen LogP contribution in [0.1, 0.15) is 21.8 Å². The molecule has 0 aliphatic rings. The predicted octanol–water partition coefficient (Wildman–Crippen LogP) is 3.72. The van der Waals surface area contributed by atoms with Crippen LogP contribution in [0.3, 0.4) is 0 Å². The van der Waals surface area contributed by atoms with E-state index in [9.17, 15) is 26.4 Å². The summed E-state index contributed by atoms with van der Waals surface area (Å²) in [7, 11) is -3.83. The van der Waals surface area contributed by atoms with Crippen LogP contribution in [-0.2, 0) is 16.0 Å². The van der Waals surface area contributed by atoms with Gasteiger partial charge in [-0.3, -0.25) is 4.79 Å². The first-order valence-corrected chi connectivity index (χ1v) is 9.56. The Kier molecular flexibility index (Phi) is 5.07. The number of alkyl halides is 3. The van der Waals surface area contributed by atoms with E-state index in [0.717, 1.165) is 0 Å². The number of carbonyl (C=O) groups is 1. The average Bonchev–Trinajstić information content (AvgIpc) is 3.12. The number of benzene rings is 2. The van der Waals surface area contributed by atoms with Crippen LogP contribution in [0.4, 0.5) is 13.2 Å². The van der Waals surface area contributed by atoms with Gasteiger partial charge in [-0.15, -0.1) is 0 Å². The smallest absolute Gasteiger partial charge is 0.329 e. The van der Waals surface area contributed by atoms with Crippen LogP contribution < -0.4 is 0 Å². The van der Waals surface area contributed by atoms with Gasteiger partial charge in [-0.1, -0.05) is 47.6 Å². The van der Waals surface area contributed by atoms with E-state index in [4.69, 9.17) is 0 Å². The summed E-state index contributed by atoms with van der Waals surface area (Å²) in [4.78, 5) is 15.7. The van der Waals surface area contributed by atoms with Gasteiger partial charge in [0.25, 0.3) is 0 Å². The molecular weight excluding hydrogens is 397 g/mol. The van der Waals surface area contributed by atoms with E-state index in [1.54, 1.807) is 25.1 Å². The van der Waals surface area contributed by atoms with Gasteiger partial charge in [0.15, 0.2) is 15.6 Å². The van der Waals surface area contributed by atoms with E-state index in [1.807, 2.05) is 0 Å². The van der Waals surface area contributed by atoms with Crippen LogP contribution in [0, 0.1) is 6.92 Å². The van der Waals surface area contributed by atoms with E-state index < -0.39 is 33.4 Å². The highest BCUT2D eigenvalue weighted by Gasteiger charge is 2.38. The van der Waals surface area contributed by atoms with Gasteiger partial charge in [0.2, 0.25) is 5.82 Å². The Morgan fingerprint density at radius 3 is 2.29 bits per heavy atom. The highest BCUT2D eigenvalue weighted by Crippen LogP contribution is 2.29. The number of Topliss-reactive ketones (excluding diaryl/α,β-unsaturated/α-hetero) is 1. The SMILES string of the molecule is Cc1ccccc1S(=O)(=O)CC(=O)c1ccc(-c2noc(C(F)(F)F)n2)cc1. The summed E-state index contributed by atoms with van der Waals surface area (Å²) < 4.78 is 66.6. The van der Waals surface area contributed by atoms with Crippen molar-refractivity contribution in [2.75, 3.05) is 5.75 Å². The van der Waals surface area contributed by atoms with Crippen LogP contribution in [0.2, 0.25) is 0 Å². The highest BCUT2D eigenvalue weighted by atomic mass is 32.2. The van der Waals surface area contributed by atoms with E-state index in [2.05, 4.69) is 14.7 Å². The largest absolute Gasteiger partial charge is 0.471 e. The fraction of sp³-hybridized carbons (Fsp3) is 0.167. The van der Waals surface area contributed by atoms with Gasteiger partial charge in [-0.2, -0.15) is 18.2 Å². The lowest BCUT2D eigenvalue weighted by atomic mass is 10.1. The Balaban J connectivity index is 1.79. The molecule has 2 aromatic carbocycles. The number of hydrogen-bond acceptors (Lipinski definition) is 6. The number of halogens is 3. The fourth-order valence-electron chi connectivity index (χ4n) is 2.50. The van der Waals surface area contributed by atoms with Crippen LogP contribution >= 0.6 is 0 Å². The minimum atomic E-state index is -4.76. The van der Waals surface area contributed by atoms with Gasteiger partial charge in [0, 0.05) is 11.1 Å². The molecule has 1 heterocycles. The first-order valence-electron chi connectivity index (χ1n) is 7.91. The Bertz CT molecular complexity index is 1120. The van der Waals surface area contributed by atoms with Gasteiger partial charge in [0.05, 0.1) is 4.90 Å². The Labute approximate surface area is 157 Å². The molecule has 0 aliphatic heterocycles. The number of carbonyl (C=O) groups excluding carboxylic acids is 1. The highest BCUT2D eigenvalue weighted by molar-refractivity contribution is 7.92. The third-order valence-corrected chi connectivity index (χ3v) is 5.65.